The summed E-state index contributed by atoms with van der Waals surface area (Å²) in [5.74, 6) is 0. The lowest BCUT2D eigenvalue weighted by molar-refractivity contribution is 1.50. The predicted molar refractivity (Wildman–Crippen MR) is 536 cm³/mol. The molecular formula is C88H52Cl30. The molecule has 0 unspecified atom stereocenters. The van der Waals surface area contributed by atoms with Crippen LogP contribution in [-0.2, 0) is 0 Å². The van der Waals surface area contributed by atoms with E-state index in [0.29, 0.717) is 137 Å². The minimum Gasteiger partial charge on any atom is -0.0843 e. The van der Waals surface area contributed by atoms with Crippen LogP contribution in [0.1, 0.15) is 27.7 Å². The first-order valence-corrected chi connectivity index (χ1v) is 45.0. The lowest BCUT2D eigenvalue weighted by Gasteiger charge is -2.10. The zero-order valence-corrected chi connectivity index (χ0v) is 83.1. The van der Waals surface area contributed by atoms with Gasteiger partial charge in [0, 0.05) is 32.3 Å². The summed E-state index contributed by atoms with van der Waals surface area (Å²) >= 11 is 178. The maximum Gasteiger partial charge on any atom is 0.0800 e. The van der Waals surface area contributed by atoms with Crippen LogP contribution in [0.3, 0.4) is 0 Å². The van der Waals surface area contributed by atoms with E-state index in [0.717, 1.165) is 55.6 Å². The van der Waals surface area contributed by atoms with Crippen LogP contribution in [0.2, 0.25) is 151 Å². The molecule has 0 aliphatic rings. The maximum atomic E-state index is 6.15. The molecule has 0 nitrogen and oxygen atoms in total. The van der Waals surface area contributed by atoms with Crippen molar-refractivity contribution in [2.24, 2.45) is 0 Å². The third-order valence-corrected chi connectivity index (χ3v) is 27.3. The molecular weight excluding hydrogens is 2120 g/mol. The van der Waals surface area contributed by atoms with Crippen LogP contribution in [0.4, 0.5) is 0 Å². The molecule has 0 aliphatic heterocycles. The van der Waals surface area contributed by atoms with Gasteiger partial charge in [0.1, 0.15) is 0 Å². The molecule has 0 aromatic heterocycles. The summed E-state index contributed by atoms with van der Waals surface area (Å²) in [5, 5.41) is 12.1. The van der Waals surface area contributed by atoms with Crippen LogP contribution >= 0.6 is 348 Å². The second-order valence-corrected chi connectivity index (χ2v) is 34.8. The lowest BCUT2D eigenvalue weighted by Crippen LogP contribution is -1.84. The zero-order chi connectivity index (χ0) is 87.7. The van der Waals surface area contributed by atoms with Gasteiger partial charge in [-0.2, -0.15) is 0 Å². The predicted octanol–water partition coefficient (Wildman–Crippen LogP) is 45.1. The molecule has 614 valence electrons. The Morgan fingerprint density at radius 2 is 0.339 bits per heavy atom. The Labute approximate surface area is 836 Å². The first-order chi connectivity index (χ1) is 56.0. The fraction of sp³-hybridized carbons (Fsp3) is 0.0455. The summed E-state index contributed by atoms with van der Waals surface area (Å²) in [6.07, 6.45) is 0. The largest absolute Gasteiger partial charge is 0.0843 e. The molecule has 0 saturated heterocycles. The zero-order valence-electron chi connectivity index (χ0n) is 60.4. The molecule has 30 heteroatoms. The highest BCUT2D eigenvalue weighted by Gasteiger charge is 2.19. The van der Waals surface area contributed by atoms with Crippen molar-refractivity contribution in [2.45, 2.75) is 27.7 Å². The smallest absolute Gasteiger partial charge is 0.0800 e. The monoisotopic (exact) mass is 2160 g/mol. The Hall–Kier alpha value is -2.22. The summed E-state index contributed by atoms with van der Waals surface area (Å²) in [6.45, 7) is 8.00. The molecule has 0 fully saturated rings. The molecule has 0 amide bonds. The Balaban J connectivity index is 0.000000213. The summed E-state index contributed by atoms with van der Waals surface area (Å²) < 4.78 is 0. The molecule has 0 aliphatic carbocycles. The van der Waals surface area contributed by atoms with Crippen LogP contribution in [-0.4, -0.2) is 0 Å². The molecule has 0 bridgehead atoms. The van der Waals surface area contributed by atoms with E-state index in [1.807, 2.05) is 94.4 Å². The number of halogens is 30. The average molecular weight is 2170 g/mol. The van der Waals surface area contributed by atoms with E-state index in [1.54, 1.807) is 127 Å². The topological polar surface area (TPSA) is 0 Å². The van der Waals surface area contributed by atoms with Crippen molar-refractivity contribution in [1.29, 1.82) is 0 Å². The van der Waals surface area contributed by atoms with Crippen molar-refractivity contribution in [2.75, 3.05) is 0 Å². The summed E-state index contributed by atoms with van der Waals surface area (Å²) in [6, 6.07) is 73.7. The average Bonchev–Trinajstić information content (AvgIpc) is 0.816. The van der Waals surface area contributed by atoms with E-state index < -0.39 is 0 Å². The molecule has 14 aromatic carbocycles. The first-order valence-electron chi connectivity index (χ1n) is 33.6. The van der Waals surface area contributed by atoms with Crippen molar-refractivity contribution in [3.8, 4) is 77.9 Å². The molecule has 0 saturated carbocycles. The number of benzene rings is 14. The van der Waals surface area contributed by atoms with Crippen LogP contribution in [0.25, 0.3) is 77.9 Å². The van der Waals surface area contributed by atoms with Gasteiger partial charge in [0.15, 0.2) is 0 Å². The third kappa shape index (κ3) is 30.0. The van der Waals surface area contributed by atoms with Gasteiger partial charge in [0.25, 0.3) is 0 Å². The molecule has 14 aromatic rings. The van der Waals surface area contributed by atoms with Crippen molar-refractivity contribution >= 4 is 348 Å². The molecule has 0 spiro atoms. The second kappa shape index (κ2) is 51.5. The minimum atomic E-state index is 0.215. The fourth-order valence-electron chi connectivity index (χ4n) is 9.71. The Morgan fingerprint density at radius 1 is 0.119 bits per heavy atom. The van der Waals surface area contributed by atoms with Crippen LogP contribution in [0.15, 0.2) is 243 Å². The van der Waals surface area contributed by atoms with E-state index in [2.05, 4.69) is 48.5 Å². The van der Waals surface area contributed by atoms with E-state index in [4.69, 9.17) is 348 Å². The molecule has 14 rings (SSSR count). The van der Waals surface area contributed by atoms with Crippen LogP contribution in [0.5, 0.6) is 0 Å². The van der Waals surface area contributed by atoms with Gasteiger partial charge >= 0.3 is 0 Å². The number of rotatable bonds is 7. The maximum absolute atomic E-state index is 6.15. The van der Waals surface area contributed by atoms with Crippen molar-refractivity contribution in [3.63, 3.8) is 0 Å². The van der Waals surface area contributed by atoms with E-state index in [1.165, 1.54) is 11.1 Å². The highest BCUT2D eigenvalue weighted by molar-refractivity contribution is 6.56. The van der Waals surface area contributed by atoms with Gasteiger partial charge in [0.05, 0.1) is 141 Å². The van der Waals surface area contributed by atoms with E-state index in [9.17, 15) is 0 Å². The molecule has 0 atom stereocenters. The highest BCUT2D eigenvalue weighted by Crippen LogP contribution is 2.48. The summed E-state index contributed by atoms with van der Waals surface area (Å²) in [4.78, 5) is 0. The summed E-state index contributed by atoms with van der Waals surface area (Å²) in [7, 11) is 0. The highest BCUT2D eigenvalue weighted by atomic mass is 35.5. The fourth-order valence-corrected chi connectivity index (χ4v) is 15.5. The van der Waals surface area contributed by atoms with Crippen molar-refractivity contribution < 1.29 is 0 Å². The summed E-state index contributed by atoms with van der Waals surface area (Å²) in [5.41, 5.74) is 12.4. The van der Waals surface area contributed by atoms with Gasteiger partial charge in [0.2, 0.25) is 0 Å². The SMILES string of the molecule is CC.CC.Clc1cc(-c2ccc(Cl)c(Cl)c2Cl)cc(Cl)c1Cl.Clc1ccc(-c2cc(Cl)c(Cl)c(Cl)c2)cc1.Clc1ccc(-c2cc(Cl)c(Cl)c(Cl)c2Cl)cc1.Clc1ccc(-c2cc(Cl)c(Cl)c(Cl)c2Cl)cc1Cl.Clc1ccc(-c2ccc(Cl)c(Cl)c2)cc1Cl.Clc1ccc(-c2ccc(Cl)c(Cl)c2Cl)cc1Cl.c1ccc(-c2ccccc2)cc1. The van der Waals surface area contributed by atoms with Gasteiger partial charge in [-0.1, -0.05) is 497 Å². The van der Waals surface area contributed by atoms with Gasteiger partial charge in [-0.05, 0) is 177 Å². The van der Waals surface area contributed by atoms with Crippen LogP contribution in [0, 0.1) is 0 Å². The Morgan fingerprint density at radius 3 is 0.669 bits per heavy atom. The first kappa shape index (κ1) is 105. The standard InChI is InChI=1S/2C12H4Cl6.2C12H5Cl5.2C12H6Cl4.C12H10.2C2H6/c13-7-2-1-6(10(16)12(7)18)5-3-8(14)11(17)9(15)4-5;13-7-2-1-5(3-8(7)14)6-4-9(15)11(17)12(18)10(6)16;13-8-3-1-6(5-10(8)15)7-2-4-9(14)12(17)11(7)16;13-7-3-1-6(2-4-7)8-5-9(14)11(16)12(17)10(8)15;13-9-3-1-7(5-11(9)15)8-2-4-10(14)12(16)6-8;13-9-3-1-7(2-4-9)8-5-10(14)12(16)11(15)6-8;1-3-7-11(8-4-1)12-9-5-2-6-10-12;2*1-2/h2*1-4H;2*1-5H;2*1-6H;1-10H;2*1-2H3. The normalized spacial score (nSPS) is 10.3. The van der Waals surface area contributed by atoms with Gasteiger partial charge in [-0.15, -0.1) is 0 Å². The van der Waals surface area contributed by atoms with Gasteiger partial charge in [-0.3, -0.25) is 0 Å². The molecule has 118 heavy (non-hydrogen) atoms. The second-order valence-electron chi connectivity index (χ2n) is 22.9. The van der Waals surface area contributed by atoms with Crippen LogP contribution < -0.4 is 0 Å². The molecule has 0 heterocycles. The molecule has 0 radical (unpaired) electrons. The third-order valence-electron chi connectivity index (χ3n) is 15.4. The minimum absolute atomic E-state index is 0.215. The van der Waals surface area contributed by atoms with Crippen molar-refractivity contribution in [3.05, 3.63) is 393 Å². The van der Waals surface area contributed by atoms with E-state index >= 15 is 0 Å². The number of hydrogen-bond acceptors (Lipinski definition) is 0. The van der Waals surface area contributed by atoms with Gasteiger partial charge in [-0.25, -0.2) is 0 Å². The molecule has 0 N–H and O–H groups in total. The Bertz CT molecular complexity index is 5610. The lowest BCUT2D eigenvalue weighted by atomic mass is 10.1. The number of hydrogen-bond donors (Lipinski definition) is 0. The Kier molecular flexibility index (Phi) is 45.7. The van der Waals surface area contributed by atoms with Gasteiger partial charge < -0.3 is 0 Å². The van der Waals surface area contributed by atoms with Crippen molar-refractivity contribution in [1.82, 2.24) is 0 Å². The van der Waals surface area contributed by atoms with E-state index in [-0.39, 0.29) is 25.1 Å². The quantitative estimate of drug-likeness (QED) is 0.110.